The van der Waals surface area contributed by atoms with Crippen molar-refractivity contribution in [1.29, 1.82) is 0 Å². The van der Waals surface area contributed by atoms with Crippen LogP contribution in [0.4, 0.5) is 0 Å². The topological polar surface area (TPSA) is 51.5 Å². The molecule has 0 fully saturated rings. The molecule has 1 N–H and O–H groups in total. The predicted molar refractivity (Wildman–Crippen MR) is 64.8 cm³/mol. The fraction of sp³-hybridized carbons (Fsp3) is 0.545. The Labute approximate surface area is 103 Å². The van der Waals surface area contributed by atoms with E-state index in [9.17, 15) is 4.79 Å². The lowest BCUT2D eigenvalue weighted by molar-refractivity contribution is -0.0228. The lowest BCUT2D eigenvalue weighted by Crippen LogP contribution is -2.31. The van der Waals surface area contributed by atoms with Gasteiger partial charge in [-0.15, -0.1) is 0 Å². The summed E-state index contributed by atoms with van der Waals surface area (Å²) in [7, 11) is 0. The average molecular weight is 290 g/mol. The SMILES string of the molecule is CCOC(C)(C)Cn1cc(Br)cc1C(=O)O. The van der Waals surface area contributed by atoms with Gasteiger partial charge in [0.05, 0.1) is 12.1 Å². The number of hydrogen-bond acceptors (Lipinski definition) is 2. The maximum atomic E-state index is 11.0. The van der Waals surface area contributed by atoms with Gasteiger partial charge in [0.25, 0.3) is 0 Å². The number of nitrogens with zero attached hydrogens (tertiary/aromatic N) is 1. The van der Waals surface area contributed by atoms with E-state index in [1.54, 1.807) is 16.8 Å². The van der Waals surface area contributed by atoms with Gasteiger partial charge in [0, 0.05) is 17.3 Å². The zero-order valence-corrected chi connectivity index (χ0v) is 11.2. The molecule has 0 aliphatic rings. The summed E-state index contributed by atoms with van der Waals surface area (Å²) in [6, 6.07) is 1.59. The molecule has 90 valence electrons. The Hall–Kier alpha value is -0.810. The molecular formula is C11H16BrNO3. The normalized spacial score (nSPS) is 11.8. The summed E-state index contributed by atoms with van der Waals surface area (Å²) in [5.41, 5.74) is -0.114. The standard InChI is InChI=1S/C11H16BrNO3/c1-4-16-11(2,3)7-13-6-8(12)5-9(13)10(14)15/h5-6H,4,7H2,1-3H3,(H,14,15). The summed E-state index contributed by atoms with van der Waals surface area (Å²) in [6.07, 6.45) is 1.75. The summed E-state index contributed by atoms with van der Waals surface area (Å²) in [5.74, 6) is -0.932. The smallest absolute Gasteiger partial charge is 0.352 e. The maximum Gasteiger partial charge on any atom is 0.352 e. The Kier molecular flexibility index (Phi) is 4.15. The third-order valence-corrected chi connectivity index (χ3v) is 2.60. The molecule has 5 heteroatoms. The number of carboxylic acid groups (broad SMARTS) is 1. The lowest BCUT2D eigenvalue weighted by atomic mass is 10.1. The molecule has 0 saturated carbocycles. The van der Waals surface area contributed by atoms with Crippen molar-refractivity contribution in [2.24, 2.45) is 0 Å². The van der Waals surface area contributed by atoms with Crippen molar-refractivity contribution in [3.8, 4) is 0 Å². The van der Waals surface area contributed by atoms with Gasteiger partial charge in [-0.1, -0.05) is 0 Å². The monoisotopic (exact) mass is 289 g/mol. The summed E-state index contributed by atoms with van der Waals surface area (Å²) in [5, 5.41) is 9.02. The summed E-state index contributed by atoms with van der Waals surface area (Å²) < 4.78 is 7.99. The van der Waals surface area contributed by atoms with E-state index < -0.39 is 5.97 Å². The van der Waals surface area contributed by atoms with Crippen molar-refractivity contribution < 1.29 is 14.6 Å². The number of carbonyl (C=O) groups is 1. The van der Waals surface area contributed by atoms with Gasteiger partial charge < -0.3 is 14.4 Å². The minimum absolute atomic E-state index is 0.264. The summed E-state index contributed by atoms with van der Waals surface area (Å²) in [6.45, 7) is 6.92. The molecule has 1 aromatic rings. The van der Waals surface area contributed by atoms with Crippen LogP contribution >= 0.6 is 15.9 Å². The van der Waals surface area contributed by atoms with Crippen LogP contribution in [0.3, 0.4) is 0 Å². The molecule has 1 aromatic heterocycles. The third-order valence-electron chi connectivity index (χ3n) is 2.17. The Bertz CT molecular complexity index is 385. The van der Waals surface area contributed by atoms with E-state index in [0.29, 0.717) is 13.2 Å². The first-order valence-electron chi connectivity index (χ1n) is 5.08. The van der Waals surface area contributed by atoms with E-state index >= 15 is 0 Å². The Morgan fingerprint density at radius 1 is 1.62 bits per heavy atom. The molecule has 0 aliphatic carbocycles. The van der Waals surface area contributed by atoms with Gasteiger partial charge in [-0.05, 0) is 42.8 Å². The average Bonchev–Trinajstić information content (AvgIpc) is 2.45. The molecule has 0 aliphatic heterocycles. The van der Waals surface area contributed by atoms with Crippen LogP contribution in [-0.2, 0) is 11.3 Å². The number of rotatable bonds is 5. The number of ether oxygens (including phenoxy) is 1. The highest BCUT2D eigenvalue weighted by Gasteiger charge is 2.21. The molecule has 16 heavy (non-hydrogen) atoms. The number of aromatic nitrogens is 1. The second-order valence-electron chi connectivity index (χ2n) is 4.17. The van der Waals surface area contributed by atoms with Crippen molar-refractivity contribution in [3.05, 3.63) is 22.4 Å². The molecule has 0 atom stereocenters. The largest absolute Gasteiger partial charge is 0.477 e. The Morgan fingerprint density at radius 2 is 2.25 bits per heavy atom. The van der Waals surface area contributed by atoms with Crippen molar-refractivity contribution in [2.45, 2.75) is 32.9 Å². The van der Waals surface area contributed by atoms with Gasteiger partial charge in [0.1, 0.15) is 5.69 Å². The van der Waals surface area contributed by atoms with Gasteiger partial charge in [-0.3, -0.25) is 0 Å². The predicted octanol–water partition coefficient (Wildman–Crippen LogP) is 2.76. The van der Waals surface area contributed by atoms with Crippen LogP contribution in [0.5, 0.6) is 0 Å². The van der Waals surface area contributed by atoms with E-state index in [2.05, 4.69) is 15.9 Å². The van der Waals surface area contributed by atoms with Gasteiger partial charge in [-0.2, -0.15) is 0 Å². The molecule has 0 spiro atoms. The first-order chi connectivity index (χ1) is 7.35. The third kappa shape index (κ3) is 3.35. The molecule has 4 nitrogen and oxygen atoms in total. The summed E-state index contributed by atoms with van der Waals surface area (Å²) in [4.78, 5) is 11.0. The first kappa shape index (κ1) is 13.3. The summed E-state index contributed by atoms with van der Waals surface area (Å²) >= 11 is 3.27. The second-order valence-corrected chi connectivity index (χ2v) is 5.08. The van der Waals surface area contributed by atoms with E-state index in [-0.39, 0.29) is 11.3 Å². The van der Waals surface area contributed by atoms with Crippen LogP contribution in [-0.4, -0.2) is 27.9 Å². The quantitative estimate of drug-likeness (QED) is 0.907. The zero-order valence-electron chi connectivity index (χ0n) is 9.66. The van der Waals surface area contributed by atoms with E-state index in [1.807, 2.05) is 20.8 Å². The molecule has 0 amide bonds. The highest BCUT2D eigenvalue weighted by Crippen LogP contribution is 2.19. The zero-order chi connectivity index (χ0) is 12.3. The van der Waals surface area contributed by atoms with Gasteiger partial charge in [0.2, 0.25) is 0 Å². The van der Waals surface area contributed by atoms with E-state index in [1.165, 1.54) is 0 Å². The fourth-order valence-electron chi connectivity index (χ4n) is 1.63. The highest BCUT2D eigenvalue weighted by atomic mass is 79.9. The number of halogens is 1. The minimum Gasteiger partial charge on any atom is -0.477 e. The van der Waals surface area contributed by atoms with Crippen LogP contribution in [0.25, 0.3) is 0 Å². The van der Waals surface area contributed by atoms with E-state index in [4.69, 9.17) is 9.84 Å². The second kappa shape index (κ2) is 5.01. The minimum atomic E-state index is -0.932. The Balaban J connectivity index is 2.92. The molecule has 0 radical (unpaired) electrons. The molecular weight excluding hydrogens is 274 g/mol. The van der Waals surface area contributed by atoms with Gasteiger partial charge >= 0.3 is 5.97 Å². The van der Waals surface area contributed by atoms with Gasteiger partial charge in [-0.25, -0.2) is 4.79 Å². The lowest BCUT2D eigenvalue weighted by Gasteiger charge is -2.25. The number of hydrogen-bond donors (Lipinski definition) is 1. The molecule has 0 aromatic carbocycles. The fourth-order valence-corrected chi connectivity index (χ4v) is 2.10. The van der Waals surface area contributed by atoms with Crippen molar-refractivity contribution >= 4 is 21.9 Å². The molecule has 0 saturated heterocycles. The molecule has 1 heterocycles. The van der Waals surface area contributed by atoms with Crippen molar-refractivity contribution in [2.75, 3.05) is 6.61 Å². The molecule has 1 rings (SSSR count). The van der Waals surface area contributed by atoms with Crippen LogP contribution < -0.4 is 0 Å². The number of carboxylic acids is 1. The van der Waals surface area contributed by atoms with E-state index in [0.717, 1.165) is 4.47 Å². The van der Waals surface area contributed by atoms with Crippen LogP contribution in [0.2, 0.25) is 0 Å². The van der Waals surface area contributed by atoms with Crippen LogP contribution in [0, 0.1) is 0 Å². The first-order valence-corrected chi connectivity index (χ1v) is 5.88. The molecule has 0 bridgehead atoms. The maximum absolute atomic E-state index is 11.0. The van der Waals surface area contributed by atoms with Crippen LogP contribution in [0.15, 0.2) is 16.7 Å². The Morgan fingerprint density at radius 3 is 2.75 bits per heavy atom. The van der Waals surface area contributed by atoms with Gasteiger partial charge in [0.15, 0.2) is 0 Å². The van der Waals surface area contributed by atoms with Crippen LogP contribution in [0.1, 0.15) is 31.3 Å². The number of aromatic carboxylic acids is 1. The van der Waals surface area contributed by atoms with Crippen molar-refractivity contribution in [3.63, 3.8) is 0 Å². The molecule has 0 unspecified atom stereocenters. The highest BCUT2D eigenvalue weighted by molar-refractivity contribution is 9.10. The van der Waals surface area contributed by atoms with Crippen molar-refractivity contribution in [1.82, 2.24) is 4.57 Å².